The zero-order chi connectivity index (χ0) is 14.2. The fraction of sp³-hybridized carbons (Fsp3) is 1.00. The number of hydrogen-bond acceptors (Lipinski definition) is 0. The summed E-state index contributed by atoms with van der Waals surface area (Å²) in [6.07, 6.45) is 15.1. The zero-order valence-corrected chi connectivity index (χ0v) is 13.5. The Kier molecular flexibility index (Phi) is 4.43. The molecule has 3 fully saturated rings. The van der Waals surface area contributed by atoms with E-state index in [0.717, 1.165) is 30.1 Å². The maximum atomic E-state index is 13.8. The maximum absolute atomic E-state index is 13.8. The molecule has 0 heterocycles. The van der Waals surface area contributed by atoms with E-state index in [9.17, 15) is 4.39 Å². The summed E-state index contributed by atoms with van der Waals surface area (Å²) in [6, 6.07) is 0. The summed E-state index contributed by atoms with van der Waals surface area (Å²) in [7, 11) is 0. The second-order valence-corrected chi connectivity index (χ2v) is 8.33. The molecule has 0 bridgehead atoms. The van der Waals surface area contributed by atoms with Crippen LogP contribution in [0.3, 0.4) is 0 Å². The second kappa shape index (κ2) is 5.97. The van der Waals surface area contributed by atoms with Crippen molar-refractivity contribution >= 4 is 0 Å². The van der Waals surface area contributed by atoms with Crippen molar-refractivity contribution in [1.29, 1.82) is 0 Å². The second-order valence-electron chi connectivity index (χ2n) is 8.33. The van der Waals surface area contributed by atoms with Gasteiger partial charge in [-0.2, -0.15) is 0 Å². The third-order valence-corrected chi connectivity index (χ3v) is 6.87. The average Bonchev–Trinajstić information content (AvgIpc) is 3.09. The first kappa shape index (κ1) is 14.9. The van der Waals surface area contributed by atoms with E-state index in [1.54, 1.807) is 0 Å². The summed E-state index contributed by atoms with van der Waals surface area (Å²) in [4.78, 5) is 0. The Hall–Kier alpha value is -0.0700. The van der Waals surface area contributed by atoms with Gasteiger partial charge in [0.25, 0.3) is 0 Å². The van der Waals surface area contributed by atoms with E-state index in [1.807, 2.05) is 6.92 Å². The van der Waals surface area contributed by atoms with Crippen molar-refractivity contribution in [2.75, 3.05) is 0 Å². The van der Waals surface area contributed by atoms with Crippen LogP contribution in [-0.2, 0) is 0 Å². The summed E-state index contributed by atoms with van der Waals surface area (Å²) in [5, 5.41) is 0. The summed E-state index contributed by atoms with van der Waals surface area (Å²) in [5.41, 5.74) is -0.796. The molecule has 20 heavy (non-hydrogen) atoms. The molecule has 3 rings (SSSR count). The zero-order valence-electron chi connectivity index (χ0n) is 13.5. The molecule has 0 aromatic heterocycles. The van der Waals surface area contributed by atoms with E-state index in [-0.39, 0.29) is 0 Å². The van der Waals surface area contributed by atoms with Crippen molar-refractivity contribution in [2.45, 2.75) is 90.1 Å². The molecule has 2 atom stereocenters. The van der Waals surface area contributed by atoms with Gasteiger partial charge in [0.2, 0.25) is 0 Å². The molecular weight excluding hydrogens is 247 g/mol. The van der Waals surface area contributed by atoms with E-state index in [1.165, 1.54) is 64.2 Å². The first-order valence-electron chi connectivity index (χ1n) is 9.29. The van der Waals surface area contributed by atoms with Crippen LogP contribution >= 0.6 is 0 Å². The highest BCUT2D eigenvalue weighted by Gasteiger charge is 2.55. The number of halogens is 1. The smallest absolute Gasteiger partial charge is 0.111 e. The highest BCUT2D eigenvalue weighted by molar-refractivity contribution is 5.04. The van der Waals surface area contributed by atoms with E-state index in [2.05, 4.69) is 6.92 Å². The van der Waals surface area contributed by atoms with Gasteiger partial charge >= 0.3 is 0 Å². The monoisotopic (exact) mass is 280 g/mol. The molecular formula is C19H33F. The fourth-order valence-electron chi connectivity index (χ4n) is 5.40. The predicted octanol–water partition coefficient (Wildman–Crippen LogP) is 6.15. The van der Waals surface area contributed by atoms with Crippen LogP contribution in [0.1, 0.15) is 84.5 Å². The van der Waals surface area contributed by atoms with E-state index >= 15 is 0 Å². The van der Waals surface area contributed by atoms with Gasteiger partial charge in [-0.1, -0.05) is 32.6 Å². The van der Waals surface area contributed by atoms with Crippen LogP contribution in [0.25, 0.3) is 0 Å². The van der Waals surface area contributed by atoms with Crippen LogP contribution in [0.4, 0.5) is 4.39 Å². The highest BCUT2D eigenvalue weighted by atomic mass is 19.1. The Balaban J connectivity index is 1.41. The van der Waals surface area contributed by atoms with Gasteiger partial charge < -0.3 is 0 Å². The molecule has 0 aromatic rings. The Labute approximate surface area is 124 Å². The molecule has 3 aliphatic carbocycles. The first-order valence-corrected chi connectivity index (χ1v) is 9.29. The Morgan fingerprint density at radius 2 is 1.30 bits per heavy atom. The molecule has 2 unspecified atom stereocenters. The molecule has 0 N–H and O–H groups in total. The van der Waals surface area contributed by atoms with Gasteiger partial charge in [0.1, 0.15) is 5.67 Å². The third-order valence-electron chi connectivity index (χ3n) is 6.87. The lowest BCUT2D eigenvalue weighted by Gasteiger charge is -2.38. The fourth-order valence-corrected chi connectivity index (χ4v) is 5.40. The van der Waals surface area contributed by atoms with Crippen LogP contribution in [0, 0.1) is 29.6 Å². The third kappa shape index (κ3) is 3.22. The minimum atomic E-state index is -0.796. The molecule has 1 heteroatoms. The predicted molar refractivity (Wildman–Crippen MR) is 83.4 cm³/mol. The largest absolute Gasteiger partial charge is 0.244 e. The number of rotatable bonds is 4. The molecule has 0 radical (unpaired) electrons. The quantitative estimate of drug-likeness (QED) is 0.579. The van der Waals surface area contributed by atoms with Gasteiger partial charge in [-0.05, 0) is 81.5 Å². The van der Waals surface area contributed by atoms with Crippen molar-refractivity contribution in [1.82, 2.24) is 0 Å². The van der Waals surface area contributed by atoms with E-state index in [0.29, 0.717) is 5.92 Å². The number of alkyl halides is 1. The molecule has 3 aliphatic rings. The summed E-state index contributed by atoms with van der Waals surface area (Å²) in [6.45, 7) is 4.14. The molecule has 0 nitrogen and oxygen atoms in total. The van der Waals surface area contributed by atoms with Gasteiger partial charge in [0.15, 0.2) is 0 Å². The number of hydrogen-bond donors (Lipinski definition) is 0. The highest BCUT2D eigenvalue weighted by Crippen LogP contribution is 2.56. The van der Waals surface area contributed by atoms with Gasteiger partial charge in [0.05, 0.1) is 0 Å². The Bertz CT molecular complexity index is 306. The topological polar surface area (TPSA) is 0 Å². The molecule has 0 amide bonds. The first-order chi connectivity index (χ1) is 9.60. The van der Waals surface area contributed by atoms with E-state index < -0.39 is 5.67 Å². The SMILES string of the molecule is CCCC1CCC(C2CCC(C3CC3(C)F)CC2)CC1. The molecule has 0 aromatic carbocycles. The van der Waals surface area contributed by atoms with Crippen LogP contribution < -0.4 is 0 Å². The summed E-state index contributed by atoms with van der Waals surface area (Å²) >= 11 is 0. The van der Waals surface area contributed by atoms with Gasteiger partial charge in [-0.25, -0.2) is 4.39 Å². The van der Waals surface area contributed by atoms with Crippen LogP contribution in [0.15, 0.2) is 0 Å². The van der Waals surface area contributed by atoms with Crippen molar-refractivity contribution in [3.63, 3.8) is 0 Å². The lowest BCUT2D eigenvalue weighted by Crippen LogP contribution is -2.27. The normalized spacial score (nSPS) is 49.0. The lowest BCUT2D eigenvalue weighted by atomic mass is 9.68. The van der Waals surface area contributed by atoms with Gasteiger partial charge in [-0.15, -0.1) is 0 Å². The average molecular weight is 280 g/mol. The Morgan fingerprint density at radius 1 is 0.850 bits per heavy atom. The summed E-state index contributed by atoms with van der Waals surface area (Å²) < 4.78 is 13.8. The van der Waals surface area contributed by atoms with Gasteiger partial charge in [0, 0.05) is 0 Å². The maximum Gasteiger partial charge on any atom is 0.111 e. The van der Waals surface area contributed by atoms with Crippen LogP contribution in [0.5, 0.6) is 0 Å². The van der Waals surface area contributed by atoms with Crippen molar-refractivity contribution < 1.29 is 4.39 Å². The van der Waals surface area contributed by atoms with Crippen LogP contribution in [-0.4, -0.2) is 5.67 Å². The molecule has 0 saturated heterocycles. The minimum absolute atomic E-state index is 0.420. The molecule has 116 valence electrons. The van der Waals surface area contributed by atoms with Crippen molar-refractivity contribution in [3.05, 3.63) is 0 Å². The standard InChI is InChI=1S/C19H33F/c1-3-4-14-5-7-15(8-6-14)16-9-11-17(12-10-16)18-13-19(18,2)20/h14-18H,3-13H2,1-2H3. The van der Waals surface area contributed by atoms with Crippen molar-refractivity contribution in [3.8, 4) is 0 Å². The summed E-state index contributed by atoms with van der Waals surface area (Å²) in [5.74, 6) is 4.17. The van der Waals surface area contributed by atoms with Crippen molar-refractivity contribution in [2.24, 2.45) is 29.6 Å². The minimum Gasteiger partial charge on any atom is -0.244 e. The van der Waals surface area contributed by atoms with Gasteiger partial charge in [-0.3, -0.25) is 0 Å². The van der Waals surface area contributed by atoms with Crippen LogP contribution in [0.2, 0.25) is 0 Å². The molecule has 0 aliphatic heterocycles. The lowest BCUT2D eigenvalue weighted by molar-refractivity contribution is 0.128. The molecule has 3 saturated carbocycles. The molecule has 0 spiro atoms. The van der Waals surface area contributed by atoms with E-state index in [4.69, 9.17) is 0 Å². The Morgan fingerprint density at radius 3 is 1.75 bits per heavy atom.